The Labute approximate surface area is 108 Å². The van der Waals surface area contributed by atoms with Crippen molar-refractivity contribution in [2.75, 3.05) is 5.75 Å². The van der Waals surface area contributed by atoms with Crippen molar-refractivity contribution in [3.8, 4) is 0 Å². The summed E-state index contributed by atoms with van der Waals surface area (Å²) in [7, 11) is -3.24. The molecule has 0 bridgehead atoms. The first-order chi connectivity index (χ1) is 7.99. The van der Waals surface area contributed by atoms with E-state index in [0.29, 0.717) is 27.3 Å². The summed E-state index contributed by atoms with van der Waals surface area (Å²) in [6.07, 6.45) is 2.91. The second-order valence-electron chi connectivity index (χ2n) is 4.86. The largest absolute Gasteiger partial charge is 0.224 e. The lowest BCUT2D eigenvalue weighted by Crippen LogP contribution is -2.22. The molecule has 1 aromatic carbocycles. The highest BCUT2D eigenvalue weighted by atomic mass is 79.9. The van der Waals surface area contributed by atoms with Gasteiger partial charge in [-0.15, -0.1) is 0 Å². The molecule has 0 N–H and O–H groups in total. The zero-order valence-electron chi connectivity index (χ0n) is 9.12. The second-order valence-corrected chi connectivity index (χ2v) is 7.76. The molecule has 17 heavy (non-hydrogen) atoms. The number of hydrogen-bond donors (Lipinski definition) is 0. The molecule has 0 spiro atoms. The molecule has 1 atom stereocenters. The van der Waals surface area contributed by atoms with E-state index in [1.165, 1.54) is 12.1 Å². The summed E-state index contributed by atoms with van der Waals surface area (Å²) in [6, 6.07) is 2.64. The van der Waals surface area contributed by atoms with Crippen molar-refractivity contribution in [1.82, 2.24) is 0 Å². The van der Waals surface area contributed by atoms with Crippen molar-refractivity contribution in [2.45, 2.75) is 30.1 Å². The fourth-order valence-electron chi connectivity index (χ4n) is 2.71. The lowest BCUT2D eigenvalue weighted by molar-refractivity contribution is 0.526. The van der Waals surface area contributed by atoms with Gasteiger partial charge in [0.1, 0.15) is 5.82 Å². The molecule has 5 heteroatoms. The van der Waals surface area contributed by atoms with Crippen molar-refractivity contribution in [3.63, 3.8) is 0 Å². The SMILES string of the molecule is O=S1(=O)CCC(C2CC2)c2cc(F)cc(Br)c21. The lowest BCUT2D eigenvalue weighted by Gasteiger charge is -2.26. The first-order valence-electron chi connectivity index (χ1n) is 5.71. The van der Waals surface area contributed by atoms with E-state index < -0.39 is 9.84 Å². The van der Waals surface area contributed by atoms with Gasteiger partial charge in [-0.1, -0.05) is 0 Å². The number of sulfone groups is 1. The molecule has 2 aliphatic rings. The van der Waals surface area contributed by atoms with Crippen molar-refractivity contribution in [3.05, 3.63) is 28.0 Å². The average molecular weight is 319 g/mol. The third kappa shape index (κ3) is 1.93. The number of halogens is 2. The van der Waals surface area contributed by atoms with E-state index in [1.807, 2.05) is 0 Å². The molecule has 0 aromatic heterocycles. The number of hydrogen-bond acceptors (Lipinski definition) is 2. The van der Waals surface area contributed by atoms with Crippen LogP contribution in [0.5, 0.6) is 0 Å². The number of rotatable bonds is 1. The van der Waals surface area contributed by atoms with E-state index in [2.05, 4.69) is 15.9 Å². The molecule has 1 unspecified atom stereocenters. The molecule has 0 amide bonds. The predicted molar refractivity (Wildman–Crippen MR) is 66.2 cm³/mol. The molecule has 2 nitrogen and oxygen atoms in total. The summed E-state index contributed by atoms with van der Waals surface area (Å²) < 4.78 is 37.9. The molecule has 1 aliphatic heterocycles. The minimum absolute atomic E-state index is 0.186. The Hall–Kier alpha value is -0.420. The average Bonchev–Trinajstić information content (AvgIpc) is 2.99. The van der Waals surface area contributed by atoms with Gasteiger partial charge in [0.05, 0.1) is 10.6 Å². The van der Waals surface area contributed by atoms with Gasteiger partial charge in [-0.2, -0.15) is 0 Å². The Morgan fingerprint density at radius 1 is 1.24 bits per heavy atom. The third-order valence-corrected chi connectivity index (χ3v) is 6.37. The monoisotopic (exact) mass is 318 g/mol. The maximum absolute atomic E-state index is 13.4. The third-order valence-electron chi connectivity index (χ3n) is 3.64. The zero-order valence-corrected chi connectivity index (χ0v) is 11.5. The van der Waals surface area contributed by atoms with Crippen molar-refractivity contribution >= 4 is 25.8 Å². The highest BCUT2D eigenvalue weighted by molar-refractivity contribution is 9.10. The van der Waals surface area contributed by atoms with Gasteiger partial charge in [0.15, 0.2) is 9.84 Å². The van der Waals surface area contributed by atoms with E-state index in [1.54, 1.807) is 0 Å². The van der Waals surface area contributed by atoms with Gasteiger partial charge in [0, 0.05) is 4.47 Å². The highest BCUT2D eigenvalue weighted by Crippen LogP contribution is 2.50. The topological polar surface area (TPSA) is 34.1 Å². The molecule has 92 valence electrons. The second kappa shape index (κ2) is 3.79. The Kier molecular flexibility index (Phi) is 2.60. The molecule has 1 saturated carbocycles. The minimum Gasteiger partial charge on any atom is -0.224 e. The summed E-state index contributed by atoms with van der Waals surface area (Å²) >= 11 is 3.19. The Morgan fingerprint density at radius 2 is 1.94 bits per heavy atom. The van der Waals surface area contributed by atoms with Gasteiger partial charge in [-0.05, 0) is 64.7 Å². The molecule has 1 aromatic rings. The van der Waals surface area contributed by atoms with Gasteiger partial charge < -0.3 is 0 Å². The summed E-state index contributed by atoms with van der Waals surface area (Å²) in [4.78, 5) is 0.321. The quantitative estimate of drug-likeness (QED) is 0.745. The maximum Gasteiger partial charge on any atom is 0.179 e. The van der Waals surface area contributed by atoms with E-state index in [-0.39, 0.29) is 17.5 Å². The molecule has 1 aliphatic carbocycles. The van der Waals surface area contributed by atoms with Gasteiger partial charge in [-0.3, -0.25) is 0 Å². The first-order valence-corrected chi connectivity index (χ1v) is 8.15. The van der Waals surface area contributed by atoms with Crippen LogP contribution in [-0.2, 0) is 9.84 Å². The molecular weight excluding hydrogens is 307 g/mol. The maximum atomic E-state index is 13.4. The smallest absolute Gasteiger partial charge is 0.179 e. The van der Waals surface area contributed by atoms with E-state index in [4.69, 9.17) is 0 Å². The van der Waals surface area contributed by atoms with E-state index in [0.717, 1.165) is 12.8 Å². The standard InChI is InChI=1S/C12H12BrFO2S/c13-11-6-8(14)5-10-9(7-1-2-7)3-4-17(15,16)12(10)11/h5-7,9H,1-4H2. The van der Waals surface area contributed by atoms with Crippen molar-refractivity contribution in [2.24, 2.45) is 5.92 Å². The molecular formula is C12H12BrFO2S. The van der Waals surface area contributed by atoms with Crippen LogP contribution in [0.1, 0.15) is 30.7 Å². The van der Waals surface area contributed by atoms with Gasteiger partial charge in [0.2, 0.25) is 0 Å². The molecule has 0 saturated heterocycles. The summed E-state index contributed by atoms with van der Waals surface area (Å²) in [5.74, 6) is 0.600. The van der Waals surface area contributed by atoms with E-state index >= 15 is 0 Å². The molecule has 3 rings (SSSR count). The number of fused-ring (bicyclic) bond motifs is 1. The molecule has 1 fully saturated rings. The van der Waals surface area contributed by atoms with Crippen LogP contribution in [0.4, 0.5) is 4.39 Å². The van der Waals surface area contributed by atoms with Gasteiger partial charge >= 0.3 is 0 Å². The number of benzene rings is 1. The van der Waals surface area contributed by atoms with Crippen LogP contribution >= 0.6 is 15.9 Å². The van der Waals surface area contributed by atoms with Crippen molar-refractivity contribution in [1.29, 1.82) is 0 Å². The van der Waals surface area contributed by atoms with Crippen LogP contribution < -0.4 is 0 Å². The van der Waals surface area contributed by atoms with E-state index in [9.17, 15) is 12.8 Å². The summed E-state index contributed by atoms with van der Waals surface area (Å²) in [6.45, 7) is 0. The van der Waals surface area contributed by atoms with Crippen LogP contribution in [-0.4, -0.2) is 14.2 Å². The van der Waals surface area contributed by atoms with Gasteiger partial charge in [-0.25, -0.2) is 12.8 Å². The Morgan fingerprint density at radius 3 is 2.59 bits per heavy atom. The molecule has 0 radical (unpaired) electrons. The van der Waals surface area contributed by atoms with Crippen LogP contribution in [0, 0.1) is 11.7 Å². The Bertz CT molecular complexity index is 578. The van der Waals surface area contributed by atoms with Gasteiger partial charge in [0.25, 0.3) is 0 Å². The summed E-state index contributed by atoms with van der Waals surface area (Å²) in [5, 5.41) is 0. The van der Waals surface area contributed by atoms with Crippen LogP contribution in [0.25, 0.3) is 0 Å². The van der Waals surface area contributed by atoms with Crippen LogP contribution in [0.2, 0.25) is 0 Å². The normalized spacial score (nSPS) is 26.6. The predicted octanol–water partition coefficient (Wildman–Crippen LogP) is 3.26. The minimum atomic E-state index is -3.24. The molecule has 1 heterocycles. The highest BCUT2D eigenvalue weighted by Gasteiger charge is 2.40. The summed E-state index contributed by atoms with van der Waals surface area (Å²) in [5.41, 5.74) is 0.686. The first kappa shape index (κ1) is 11.7. The lowest BCUT2D eigenvalue weighted by atomic mass is 9.91. The fourth-order valence-corrected chi connectivity index (χ4v) is 5.59. The van der Waals surface area contributed by atoms with Crippen LogP contribution in [0.15, 0.2) is 21.5 Å². The van der Waals surface area contributed by atoms with Crippen LogP contribution in [0.3, 0.4) is 0 Å². The zero-order chi connectivity index (χ0) is 12.2. The Balaban J connectivity index is 2.24. The fraction of sp³-hybridized carbons (Fsp3) is 0.500. The van der Waals surface area contributed by atoms with Crippen molar-refractivity contribution < 1.29 is 12.8 Å².